The molecule has 1 aliphatic heterocycles. The standard InChI is InChI=1S/C25H32N6O2/c1-18-29-21-10-3-4-11-22(21)31(18)14-7-13-27-25(26-2)28-17-19-8-5-9-20(16-19)30-24(32)23-12-6-15-33-23/h3-5,8-11,16,23H,6-7,12-15,17H2,1-2H3,(H,30,32)(H2,26,27,28). The Bertz CT molecular complexity index is 1120. The molecule has 1 aromatic heterocycles. The Morgan fingerprint density at radius 2 is 2.09 bits per heavy atom. The van der Waals surface area contributed by atoms with E-state index in [0.29, 0.717) is 13.2 Å². The van der Waals surface area contributed by atoms with Gasteiger partial charge in [-0.25, -0.2) is 4.98 Å². The van der Waals surface area contributed by atoms with Crippen LogP contribution in [0.15, 0.2) is 53.5 Å². The van der Waals surface area contributed by atoms with Crippen molar-refractivity contribution in [1.29, 1.82) is 0 Å². The SMILES string of the molecule is CN=C(NCCCn1c(C)nc2ccccc21)NCc1cccc(NC(=O)C2CCCO2)c1. The minimum atomic E-state index is -0.334. The first-order chi connectivity index (χ1) is 16.1. The molecule has 1 saturated heterocycles. The number of hydrogen-bond donors (Lipinski definition) is 3. The lowest BCUT2D eigenvalue weighted by Gasteiger charge is -2.14. The van der Waals surface area contributed by atoms with Crippen LogP contribution in [0.3, 0.4) is 0 Å². The Kier molecular flexibility index (Phi) is 7.57. The summed E-state index contributed by atoms with van der Waals surface area (Å²) >= 11 is 0. The maximum atomic E-state index is 12.3. The van der Waals surface area contributed by atoms with E-state index < -0.39 is 0 Å². The van der Waals surface area contributed by atoms with E-state index in [1.165, 1.54) is 5.52 Å². The zero-order valence-corrected chi connectivity index (χ0v) is 19.3. The Balaban J connectivity index is 1.23. The van der Waals surface area contributed by atoms with E-state index in [1.807, 2.05) is 49.4 Å². The molecule has 1 fully saturated rings. The Hall–Kier alpha value is -3.39. The second-order valence-corrected chi connectivity index (χ2v) is 8.20. The molecule has 8 nitrogen and oxygen atoms in total. The quantitative estimate of drug-likeness (QED) is 0.280. The van der Waals surface area contributed by atoms with Crippen molar-refractivity contribution in [3.8, 4) is 0 Å². The first-order valence-corrected chi connectivity index (χ1v) is 11.5. The minimum absolute atomic E-state index is 0.0732. The maximum absolute atomic E-state index is 12.3. The lowest BCUT2D eigenvalue weighted by Crippen LogP contribution is -2.37. The van der Waals surface area contributed by atoms with Gasteiger partial charge in [-0.2, -0.15) is 0 Å². The smallest absolute Gasteiger partial charge is 0.253 e. The van der Waals surface area contributed by atoms with E-state index in [9.17, 15) is 4.79 Å². The number of para-hydroxylation sites is 2. The van der Waals surface area contributed by atoms with Crippen molar-refractivity contribution < 1.29 is 9.53 Å². The number of carbonyl (C=O) groups excluding carboxylic acids is 1. The van der Waals surface area contributed by atoms with Crippen LogP contribution in [0.4, 0.5) is 5.69 Å². The fraction of sp³-hybridized carbons (Fsp3) is 0.400. The van der Waals surface area contributed by atoms with E-state index in [0.717, 1.165) is 60.9 Å². The number of ether oxygens (including phenoxy) is 1. The van der Waals surface area contributed by atoms with Crippen LogP contribution in [0.25, 0.3) is 11.0 Å². The number of nitrogens with zero attached hydrogens (tertiary/aromatic N) is 3. The van der Waals surface area contributed by atoms with E-state index in [-0.39, 0.29) is 12.0 Å². The molecule has 1 unspecified atom stereocenters. The van der Waals surface area contributed by atoms with E-state index in [2.05, 4.69) is 36.6 Å². The number of rotatable bonds is 8. The van der Waals surface area contributed by atoms with Gasteiger partial charge in [0.1, 0.15) is 11.9 Å². The van der Waals surface area contributed by atoms with E-state index in [1.54, 1.807) is 7.05 Å². The number of nitrogens with one attached hydrogen (secondary N) is 3. The predicted molar refractivity (Wildman–Crippen MR) is 131 cm³/mol. The summed E-state index contributed by atoms with van der Waals surface area (Å²) in [6, 6.07) is 16.1. The van der Waals surface area contributed by atoms with Gasteiger partial charge in [-0.05, 0) is 56.0 Å². The van der Waals surface area contributed by atoms with Crippen molar-refractivity contribution in [1.82, 2.24) is 20.2 Å². The lowest BCUT2D eigenvalue weighted by atomic mass is 10.2. The van der Waals surface area contributed by atoms with Crippen LogP contribution in [0.2, 0.25) is 0 Å². The molecule has 3 N–H and O–H groups in total. The molecule has 33 heavy (non-hydrogen) atoms. The summed E-state index contributed by atoms with van der Waals surface area (Å²) in [6.07, 6.45) is 2.34. The molecule has 1 aliphatic rings. The molecule has 0 radical (unpaired) electrons. The molecule has 3 aromatic rings. The van der Waals surface area contributed by atoms with Gasteiger partial charge in [0.05, 0.1) is 11.0 Å². The van der Waals surface area contributed by atoms with Crippen molar-refractivity contribution in [2.45, 2.75) is 45.4 Å². The van der Waals surface area contributed by atoms with Crippen LogP contribution < -0.4 is 16.0 Å². The largest absolute Gasteiger partial charge is 0.368 e. The first-order valence-electron chi connectivity index (χ1n) is 11.5. The number of aliphatic imine (C=N–C) groups is 1. The molecule has 0 saturated carbocycles. The normalized spacial score (nSPS) is 16.2. The zero-order chi connectivity index (χ0) is 23.0. The molecule has 0 bridgehead atoms. The predicted octanol–water partition coefficient (Wildman–Crippen LogP) is 3.22. The molecule has 1 atom stereocenters. The average molecular weight is 449 g/mol. The summed E-state index contributed by atoms with van der Waals surface area (Å²) in [5, 5.41) is 9.66. The number of aryl methyl sites for hydroxylation is 2. The van der Waals surface area contributed by atoms with Crippen LogP contribution in [-0.2, 0) is 22.6 Å². The molecule has 2 heterocycles. The van der Waals surface area contributed by atoms with E-state index >= 15 is 0 Å². The van der Waals surface area contributed by atoms with Crippen molar-refractivity contribution in [3.63, 3.8) is 0 Å². The highest BCUT2D eigenvalue weighted by Gasteiger charge is 2.23. The molecule has 2 aromatic carbocycles. The lowest BCUT2D eigenvalue weighted by molar-refractivity contribution is -0.124. The summed E-state index contributed by atoms with van der Waals surface area (Å²) < 4.78 is 7.71. The summed E-state index contributed by atoms with van der Waals surface area (Å²) in [5.74, 6) is 1.71. The van der Waals surface area contributed by atoms with Crippen molar-refractivity contribution in [2.24, 2.45) is 4.99 Å². The second kappa shape index (κ2) is 11.0. The number of fused-ring (bicyclic) bond motifs is 1. The Morgan fingerprint density at radius 3 is 2.91 bits per heavy atom. The molecule has 4 rings (SSSR count). The minimum Gasteiger partial charge on any atom is -0.368 e. The van der Waals surface area contributed by atoms with Gasteiger partial charge in [0.15, 0.2) is 5.96 Å². The zero-order valence-electron chi connectivity index (χ0n) is 19.3. The number of benzene rings is 2. The summed E-state index contributed by atoms with van der Waals surface area (Å²) in [5.41, 5.74) is 4.04. The molecule has 8 heteroatoms. The molecule has 0 spiro atoms. The van der Waals surface area contributed by atoms with Gasteiger partial charge in [-0.1, -0.05) is 24.3 Å². The van der Waals surface area contributed by atoms with E-state index in [4.69, 9.17) is 4.74 Å². The van der Waals surface area contributed by atoms with Crippen LogP contribution in [0, 0.1) is 6.92 Å². The Morgan fingerprint density at radius 1 is 1.21 bits per heavy atom. The summed E-state index contributed by atoms with van der Waals surface area (Å²) in [6.45, 7) is 5.00. The van der Waals surface area contributed by atoms with Crippen LogP contribution in [0.5, 0.6) is 0 Å². The van der Waals surface area contributed by atoms with Crippen molar-refractivity contribution in [3.05, 3.63) is 59.9 Å². The highest BCUT2D eigenvalue weighted by atomic mass is 16.5. The fourth-order valence-corrected chi connectivity index (χ4v) is 4.09. The van der Waals surface area contributed by atoms with Gasteiger partial charge in [-0.3, -0.25) is 9.79 Å². The van der Waals surface area contributed by atoms with Crippen LogP contribution >= 0.6 is 0 Å². The Labute approximate surface area is 194 Å². The third kappa shape index (κ3) is 5.90. The highest BCUT2D eigenvalue weighted by molar-refractivity contribution is 5.94. The second-order valence-electron chi connectivity index (χ2n) is 8.20. The number of anilines is 1. The molecular weight excluding hydrogens is 416 g/mol. The molecule has 174 valence electrons. The van der Waals surface area contributed by atoms with Gasteiger partial charge < -0.3 is 25.3 Å². The van der Waals surface area contributed by atoms with Crippen LogP contribution in [-0.4, -0.2) is 47.7 Å². The average Bonchev–Trinajstić information content (AvgIpc) is 3.47. The third-order valence-corrected chi connectivity index (χ3v) is 5.80. The van der Waals surface area contributed by atoms with Crippen molar-refractivity contribution in [2.75, 3.05) is 25.5 Å². The molecule has 1 amide bonds. The number of aromatic nitrogens is 2. The number of carbonyl (C=O) groups is 1. The monoisotopic (exact) mass is 448 g/mol. The van der Waals surface area contributed by atoms with Crippen LogP contribution in [0.1, 0.15) is 30.7 Å². The summed E-state index contributed by atoms with van der Waals surface area (Å²) in [7, 11) is 1.76. The van der Waals surface area contributed by atoms with Gasteiger partial charge in [0.25, 0.3) is 5.91 Å². The first kappa shape index (κ1) is 22.8. The molecule has 0 aliphatic carbocycles. The van der Waals surface area contributed by atoms with Gasteiger partial charge in [0.2, 0.25) is 0 Å². The van der Waals surface area contributed by atoms with Gasteiger partial charge in [0, 0.05) is 39.0 Å². The third-order valence-electron chi connectivity index (χ3n) is 5.80. The molecular formula is C25H32N6O2. The number of guanidine groups is 1. The van der Waals surface area contributed by atoms with Gasteiger partial charge >= 0.3 is 0 Å². The maximum Gasteiger partial charge on any atom is 0.253 e. The van der Waals surface area contributed by atoms with Crippen molar-refractivity contribution >= 4 is 28.6 Å². The van der Waals surface area contributed by atoms with Gasteiger partial charge in [-0.15, -0.1) is 0 Å². The summed E-state index contributed by atoms with van der Waals surface area (Å²) in [4.78, 5) is 21.2. The fourth-order valence-electron chi connectivity index (χ4n) is 4.09. The topological polar surface area (TPSA) is 92.6 Å². The highest BCUT2D eigenvalue weighted by Crippen LogP contribution is 2.17. The number of amides is 1. The number of hydrogen-bond acceptors (Lipinski definition) is 4. The number of imidazole rings is 1.